The number of aromatic nitrogens is 3. The van der Waals surface area contributed by atoms with Crippen LogP contribution in [0.2, 0.25) is 0 Å². The van der Waals surface area contributed by atoms with Crippen molar-refractivity contribution in [1.82, 2.24) is 20.3 Å². The van der Waals surface area contributed by atoms with Crippen LogP contribution in [-0.4, -0.2) is 33.9 Å². The highest BCUT2D eigenvalue weighted by Gasteiger charge is 2.25. The lowest BCUT2D eigenvalue weighted by Crippen LogP contribution is -2.40. The van der Waals surface area contributed by atoms with Crippen molar-refractivity contribution in [2.75, 3.05) is 18.0 Å². The quantitative estimate of drug-likeness (QED) is 0.643. The van der Waals surface area contributed by atoms with Gasteiger partial charge in [0.15, 0.2) is 0 Å². The zero-order valence-electron chi connectivity index (χ0n) is 18.2. The normalized spacial score (nSPS) is 14.4. The van der Waals surface area contributed by atoms with Crippen LogP contribution in [0.5, 0.6) is 0 Å². The van der Waals surface area contributed by atoms with Gasteiger partial charge in [-0.25, -0.2) is 14.4 Å². The fourth-order valence-electron chi connectivity index (χ4n) is 3.80. The highest BCUT2D eigenvalue weighted by atomic mass is 19.1. The number of hydrogen-bond acceptors (Lipinski definition) is 5. The molecule has 0 atom stereocenters. The Labute approximate surface area is 185 Å². The van der Waals surface area contributed by atoms with E-state index in [1.165, 1.54) is 12.1 Å². The second-order valence-electron chi connectivity index (χ2n) is 8.14. The Morgan fingerprint density at radius 3 is 2.50 bits per heavy atom. The number of anilines is 1. The average molecular weight is 436 g/mol. The van der Waals surface area contributed by atoms with Crippen LogP contribution >= 0.6 is 0 Å². The van der Waals surface area contributed by atoms with Crippen LogP contribution in [0.3, 0.4) is 0 Å². The molecule has 166 valence electrons. The zero-order valence-corrected chi connectivity index (χ0v) is 18.2. The number of aryl methyl sites for hydroxylation is 1. The number of piperidine rings is 1. The van der Waals surface area contributed by atoms with Crippen molar-refractivity contribution in [2.45, 2.75) is 33.2 Å². The maximum Gasteiger partial charge on any atom is 0.254 e. The first kappa shape index (κ1) is 21.7. The van der Waals surface area contributed by atoms with Crippen LogP contribution in [0.1, 0.15) is 29.7 Å². The summed E-state index contributed by atoms with van der Waals surface area (Å²) in [6, 6.07) is 9.96. The summed E-state index contributed by atoms with van der Waals surface area (Å²) in [4.78, 5) is 38.5. The third kappa shape index (κ3) is 4.85. The van der Waals surface area contributed by atoms with Crippen molar-refractivity contribution in [3.8, 4) is 11.4 Å². The van der Waals surface area contributed by atoms with Crippen LogP contribution in [0.25, 0.3) is 11.4 Å². The molecule has 3 aromatic rings. The topological polar surface area (TPSA) is 91.0 Å². The molecule has 0 bridgehead atoms. The molecular weight excluding hydrogens is 409 g/mol. The third-order valence-corrected chi connectivity index (χ3v) is 5.99. The molecule has 8 heteroatoms. The molecule has 2 N–H and O–H groups in total. The van der Waals surface area contributed by atoms with Crippen molar-refractivity contribution < 1.29 is 9.18 Å². The largest absolute Gasteiger partial charge is 0.357 e. The van der Waals surface area contributed by atoms with Crippen molar-refractivity contribution in [3.05, 3.63) is 75.6 Å². The molecule has 1 fully saturated rings. The van der Waals surface area contributed by atoms with Gasteiger partial charge in [-0.1, -0.05) is 12.1 Å². The summed E-state index contributed by atoms with van der Waals surface area (Å²) in [5, 5.41) is 2.95. The lowest BCUT2D eigenvalue weighted by molar-refractivity contribution is -0.125. The summed E-state index contributed by atoms with van der Waals surface area (Å²) < 4.78 is 13.0. The molecule has 0 spiro atoms. The number of nitrogens with zero attached hydrogens (tertiary/aromatic N) is 3. The van der Waals surface area contributed by atoms with Crippen molar-refractivity contribution in [2.24, 2.45) is 5.92 Å². The summed E-state index contributed by atoms with van der Waals surface area (Å²) in [6.45, 7) is 5.44. The van der Waals surface area contributed by atoms with Gasteiger partial charge < -0.3 is 15.2 Å². The van der Waals surface area contributed by atoms with Crippen LogP contribution in [-0.2, 0) is 11.3 Å². The molecule has 7 nitrogen and oxygen atoms in total. The lowest BCUT2D eigenvalue weighted by Gasteiger charge is -2.32. The highest BCUT2D eigenvalue weighted by molar-refractivity contribution is 5.79. The first-order valence-corrected chi connectivity index (χ1v) is 10.7. The van der Waals surface area contributed by atoms with E-state index in [1.54, 1.807) is 25.3 Å². The number of carbonyl (C=O) groups is 1. The molecule has 1 amide bonds. The second kappa shape index (κ2) is 9.30. The zero-order chi connectivity index (χ0) is 22.7. The Kier molecular flexibility index (Phi) is 6.30. The standard InChI is InChI=1S/C24H26FN5O2/c1-15-16(2)28-22(29-23(15)31)19-5-8-21(26-14-19)30-11-9-18(10-12-30)24(32)27-13-17-3-6-20(25)7-4-17/h3-8,14,18H,9-13H2,1-2H3,(H,27,32)(H,28,29,31). The summed E-state index contributed by atoms with van der Waals surface area (Å²) in [6.07, 6.45) is 3.19. The number of nitrogens with one attached hydrogen (secondary N) is 2. The molecule has 32 heavy (non-hydrogen) atoms. The lowest BCUT2D eigenvalue weighted by atomic mass is 9.95. The molecular formula is C24H26FN5O2. The molecule has 0 aliphatic carbocycles. The van der Waals surface area contributed by atoms with Crippen LogP contribution < -0.4 is 15.8 Å². The summed E-state index contributed by atoms with van der Waals surface area (Å²) >= 11 is 0. The number of carbonyl (C=O) groups excluding carboxylic acids is 1. The number of pyridine rings is 1. The van der Waals surface area contributed by atoms with Gasteiger partial charge in [0, 0.05) is 48.6 Å². The maximum atomic E-state index is 13.0. The van der Waals surface area contributed by atoms with E-state index in [9.17, 15) is 14.0 Å². The first-order chi connectivity index (χ1) is 15.4. The maximum absolute atomic E-state index is 13.0. The second-order valence-corrected chi connectivity index (χ2v) is 8.14. The summed E-state index contributed by atoms with van der Waals surface area (Å²) in [5.41, 5.74) is 2.80. The summed E-state index contributed by atoms with van der Waals surface area (Å²) in [7, 11) is 0. The fourth-order valence-corrected chi connectivity index (χ4v) is 3.80. The predicted molar refractivity (Wildman–Crippen MR) is 121 cm³/mol. The fraction of sp³-hybridized carbons (Fsp3) is 0.333. The number of aromatic amines is 1. The number of amides is 1. The van der Waals surface area contributed by atoms with Crippen molar-refractivity contribution in [1.29, 1.82) is 0 Å². The number of halogens is 1. The number of hydrogen-bond donors (Lipinski definition) is 2. The molecule has 4 rings (SSSR count). The minimum absolute atomic E-state index is 0.0297. The van der Waals surface area contributed by atoms with Gasteiger partial charge in [0.25, 0.3) is 5.56 Å². The van der Waals surface area contributed by atoms with E-state index in [-0.39, 0.29) is 23.2 Å². The van der Waals surface area contributed by atoms with E-state index in [2.05, 4.69) is 25.2 Å². The van der Waals surface area contributed by atoms with E-state index in [0.717, 1.165) is 42.9 Å². The van der Waals surface area contributed by atoms with Gasteiger partial charge in [0.2, 0.25) is 5.91 Å². The number of H-pyrrole nitrogens is 1. The number of benzene rings is 1. The third-order valence-electron chi connectivity index (χ3n) is 5.99. The van der Waals surface area contributed by atoms with Crippen LogP contribution in [0.4, 0.5) is 10.2 Å². The summed E-state index contributed by atoms with van der Waals surface area (Å²) in [5.74, 6) is 1.05. The van der Waals surface area contributed by atoms with Gasteiger partial charge in [-0.05, 0) is 56.5 Å². The first-order valence-electron chi connectivity index (χ1n) is 10.7. The van der Waals surface area contributed by atoms with Crippen molar-refractivity contribution in [3.63, 3.8) is 0 Å². The van der Waals surface area contributed by atoms with Gasteiger partial charge in [-0.15, -0.1) is 0 Å². The van der Waals surface area contributed by atoms with Gasteiger partial charge >= 0.3 is 0 Å². The van der Waals surface area contributed by atoms with Gasteiger partial charge in [0.1, 0.15) is 17.5 Å². The smallest absolute Gasteiger partial charge is 0.254 e. The molecule has 3 heterocycles. The molecule has 0 saturated carbocycles. The Bertz CT molecular complexity index is 1150. The van der Waals surface area contributed by atoms with E-state index in [1.807, 2.05) is 19.1 Å². The van der Waals surface area contributed by atoms with Gasteiger partial charge in [-0.2, -0.15) is 0 Å². The Morgan fingerprint density at radius 2 is 1.88 bits per heavy atom. The molecule has 0 unspecified atom stereocenters. The highest BCUT2D eigenvalue weighted by Crippen LogP contribution is 2.24. The Balaban J connectivity index is 1.32. The van der Waals surface area contributed by atoms with E-state index < -0.39 is 0 Å². The van der Waals surface area contributed by atoms with Crippen LogP contribution in [0.15, 0.2) is 47.4 Å². The van der Waals surface area contributed by atoms with Crippen LogP contribution in [0, 0.1) is 25.6 Å². The van der Waals surface area contributed by atoms with Crippen molar-refractivity contribution >= 4 is 11.7 Å². The molecule has 0 radical (unpaired) electrons. The molecule has 1 aromatic carbocycles. The van der Waals surface area contributed by atoms with Gasteiger partial charge in [-0.3, -0.25) is 9.59 Å². The molecule has 1 saturated heterocycles. The minimum Gasteiger partial charge on any atom is -0.357 e. The Morgan fingerprint density at radius 1 is 1.16 bits per heavy atom. The van der Waals surface area contributed by atoms with Gasteiger partial charge in [0.05, 0.1) is 0 Å². The number of rotatable bonds is 5. The SMILES string of the molecule is Cc1nc(-c2ccc(N3CCC(C(=O)NCc4ccc(F)cc4)CC3)nc2)[nH]c(=O)c1C. The average Bonchev–Trinajstić information content (AvgIpc) is 2.82. The predicted octanol–water partition coefficient (Wildman–Crippen LogP) is 3.12. The Hall–Kier alpha value is -3.55. The van der Waals surface area contributed by atoms with E-state index in [0.29, 0.717) is 23.6 Å². The monoisotopic (exact) mass is 435 g/mol. The molecule has 2 aromatic heterocycles. The molecule has 1 aliphatic heterocycles. The van der Waals surface area contributed by atoms with E-state index in [4.69, 9.17) is 0 Å². The minimum atomic E-state index is -0.285. The molecule has 1 aliphatic rings. The van der Waals surface area contributed by atoms with E-state index >= 15 is 0 Å².